The van der Waals surface area contributed by atoms with Gasteiger partial charge in [0, 0.05) is 18.9 Å². The molecular formula is C22H23N3O6. The molecule has 1 atom stereocenters. The molecule has 0 saturated heterocycles. The first-order chi connectivity index (χ1) is 14.9. The number of allylic oxidation sites excluding steroid dienone is 1. The number of carbonyl (C=O) groups is 2. The number of methoxy groups -OCH3 is 1. The molecular weight excluding hydrogens is 402 g/mol. The molecule has 162 valence electrons. The number of benzene rings is 2. The number of ether oxygens (including phenoxy) is 2. The lowest BCUT2D eigenvalue weighted by Crippen LogP contribution is -2.47. The zero-order valence-electron chi connectivity index (χ0n) is 17.2. The number of nitrogens with zero attached hydrogens (tertiary/aromatic N) is 2. The molecule has 31 heavy (non-hydrogen) atoms. The summed E-state index contributed by atoms with van der Waals surface area (Å²) in [6, 6.07) is 13.8. The Labute approximate surface area is 179 Å². The third-order valence-electron chi connectivity index (χ3n) is 4.96. The molecule has 1 N–H and O–H groups in total. The molecule has 0 aromatic heterocycles. The Morgan fingerprint density at radius 3 is 2.48 bits per heavy atom. The number of amides is 2. The maximum absolute atomic E-state index is 13.0. The van der Waals surface area contributed by atoms with Gasteiger partial charge in [-0.2, -0.15) is 0 Å². The van der Waals surface area contributed by atoms with Gasteiger partial charge >= 0.3 is 12.0 Å². The van der Waals surface area contributed by atoms with Crippen molar-refractivity contribution in [2.24, 2.45) is 0 Å². The van der Waals surface area contributed by atoms with Gasteiger partial charge in [-0.05, 0) is 18.6 Å². The van der Waals surface area contributed by atoms with Crippen LogP contribution in [-0.2, 0) is 20.8 Å². The largest absolute Gasteiger partial charge is 0.460 e. The summed E-state index contributed by atoms with van der Waals surface area (Å²) in [4.78, 5) is 38.3. The Bertz CT molecular complexity index is 1010. The van der Waals surface area contributed by atoms with Gasteiger partial charge in [-0.1, -0.05) is 42.5 Å². The number of nitro groups is 1. The Balaban J connectivity index is 2.05. The minimum atomic E-state index is -1.02. The molecule has 1 aliphatic heterocycles. The fourth-order valence-corrected chi connectivity index (χ4v) is 3.43. The molecule has 2 aromatic carbocycles. The van der Waals surface area contributed by atoms with Crippen LogP contribution in [0.5, 0.6) is 0 Å². The number of urea groups is 1. The number of nitro benzene ring substituents is 1. The monoisotopic (exact) mass is 425 g/mol. The third-order valence-corrected chi connectivity index (χ3v) is 4.96. The molecule has 9 nitrogen and oxygen atoms in total. The lowest BCUT2D eigenvalue weighted by atomic mass is 9.93. The van der Waals surface area contributed by atoms with Gasteiger partial charge in [0.15, 0.2) is 0 Å². The molecule has 0 radical (unpaired) electrons. The molecule has 1 aliphatic rings. The van der Waals surface area contributed by atoms with Crippen LogP contribution < -0.4 is 5.32 Å². The van der Waals surface area contributed by atoms with E-state index in [1.54, 1.807) is 13.0 Å². The van der Waals surface area contributed by atoms with Crippen molar-refractivity contribution in [3.8, 4) is 0 Å². The average molecular weight is 425 g/mol. The fraction of sp³-hybridized carbons (Fsp3) is 0.273. The average Bonchev–Trinajstić information content (AvgIpc) is 2.77. The number of esters is 1. The van der Waals surface area contributed by atoms with E-state index in [0.717, 1.165) is 5.56 Å². The van der Waals surface area contributed by atoms with Crippen LogP contribution in [0.2, 0.25) is 0 Å². The van der Waals surface area contributed by atoms with Crippen LogP contribution >= 0.6 is 0 Å². The van der Waals surface area contributed by atoms with Crippen LogP contribution in [0.3, 0.4) is 0 Å². The van der Waals surface area contributed by atoms with E-state index in [4.69, 9.17) is 9.47 Å². The zero-order valence-corrected chi connectivity index (χ0v) is 17.2. The minimum Gasteiger partial charge on any atom is -0.460 e. The second-order valence-corrected chi connectivity index (χ2v) is 6.90. The number of rotatable bonds is 8. The molecule has 0 bridgehead atoms. The van der Waals surface area contributed by atoms with E-state index in [1.165, 1.54) is 30.2 Å². The molecule has 2 amide bonds. The minimum absolute atomic E-state index is 0.0162. The van der Waals surface area contributed by atoms with Crippen LogP contribution in [0.1, 0.15) is 24.1 Å². The Morgan fingerprint density at radius 1 is 1.13 bits per heavy atom. The lowest BCUT2D eigenvalue weighted by molar-refractivity contribution is -0.385. The van der Waals surface area contributed by atoms with Gasteiger partial charge in [0.25, 0.3) is 5.69 Å². The number of para-hydroxylation sites is 1. The van der Waals surface area contributed by atoms with Gasteiger partial charge in [-0.15, -0.1) is 0 Å². The summed E-state index contributed by atoms with van der Waals surface area (Å²) in [5, 5.41) is 14.3. The van der Waals surface area contributed by atoms with Gasteiger partial charge in [0.1, 0.15) is 6.61 Å². The van der Waals surface area contributed by atoms with E-state index in [9.17, 15) is 19.7 Å². The summed E-state index contributed by atoms with van der Waals surface area (Å²) in [6.07, 6.45) is 0. The Kier molecular flexibility index (Phi) is 6.99. The van der Waals surface area contributed by atoms with Crippen molar-refractivity contribution >= 4 is 17.7 Å². The van der Waals surface area contributed by atoms with Crippen molar-refractivity contribution in [3.63, 3.8) is 0 Å². The predicted molar refractivity (Wildman–Crippen MR) is 112 cm³/mol. The van der Waals surface area contributed by atoms with E-state index in [-0.39, 0.29) is 36.6 Å². The molecule has 1 heterocycles. The highest BCUT2D eigenvalue weighted by molar-refractivity contribution is 5.95. The van der Waals surface area contributed by atoms with Gasteiger partial charge in [-0.25, -0.2) is 9.59 Å². The first kappa shape index (κ1) is 22.0. The van der Waals surface area contributed by atoms with Crippen LogP contribution in [-0.4, -0.2) is 42.1 Å². The highest BCUT2D eigenvalue weighted by Gasteiger charge is 2.39. The van der Waals surface area contributed by atoms with Crippen molar-refractivity contribution in [3.05, 3.63) is 87.1 Å². The van der Waals surface area contributed by atoms with Crippen LogP contribution in [0, 0.1) is 10.1 Å². The number of carbonyl (C=O) groups excluding carboxylic acids is 2. The first-order valence-corrected chi connectivity index (χ1v) is 9.66. The second-order valence-electron chi connectivity index (χ2n) is 6.90. The lowest BCUT2D eigenvalue weighted by Gasteiger charge is -2.35. The highest BCUT2D eigenvalue weighted by atomic mass is 16.6. The molecule has 0 spiro atoms. The molecule has 1 unspecified atom stereocenters. The van der Waals surface area contributed by atoms with Crippen molar-refractivity contribution < 1.29 is 24.0 Å². The third kappa shape index (κ3) is 4.89. The van der Waals surface area contributed by atoms with E-state index < -0.39 is 23.0 Å². The van der Waals surface area contributed by atoms with Crippen LogP contribution in [0.15, 0.2) is 65.9 Å². The molecule has 2 aromatic rings. The maximum Gasteiger partial charge on any atom is 0.338 e. The van der Waals surface area contributed by atoms with E-state index in [1.807, 2.05) is 30.3 Å². The number of hydrogen-bond donors (Lipinski definition) is 1. The smallest absolute Gasteiger partial charge is 0.338 e. The first-order valence-electron chi connectivity index (χ1n) is 9.66. The Hall–Kier alpha value is -3.72. The topological polar surface area (TPSA) is 111 Å². The summed E-state index contributed by atoms with van der Waals surface area (Å²) in [6.45, 7) is 2.09. The molecule has 9 heteroatoms. The molecule has 0 fully saturated rings. The van der Waals surface area contributed by atoms with Crippen LogP contribution in [0.25, 0.3) is 0 Å². The quantitative estimate of drug-likeness (QED) is 0.301. The maximum atomic E-state index is 13.0. The van der Waals surface area contributed by atoms with E-state index in [0.29, 0.717) is 5.70 Å². The summed E-state index contributed by atoms with van der Waals surface area (Å²) in [5.74, 6) is -0.671. The second kappa shape index (κ2) is 9.86. The van der Waals surface area contributed by atoms with E-state index in [2.05, 4.69) is 5.32 Å². The van der Waals surface area contributed by atoms with E-state index >= 15 is 0 Å². The summed E-state index contributed by atoms with van der Waals surface area (Å²) in [7, 11) is 1.48. The molecule has 3 rings (SSSR count). The number of nitrogens with one attached hydrogen (secondary N) is 1. The van der Waals surface area contributed by atoms with Crippen molar-refractivity contribution in [2.75, 3.05) is 20.3 Å². The highest BCUT2D eigenvalue weighted by Crippen LogP contribution is 2.36. The SMILES string of the molecule is COCCOC(=O)C1=C(C)N(Cc2ccccc2)C(=O)NC1c1ccccc1[N+](=O)[O-]. The zero-order chi connectivity index (χ0) is 22.4. The van der Waals surface area contributed by atoms with Crippen molar-refractivity contribution in [1.29, 1.82) is 0 Å². The van der Waals surface area contributed by atoms with Crippen molar-refractivity contribution in [2.45, 2.75) is 19.5 Å². The summed E-state index contributed by atoms with van der Waals surface area (Å²) in [5.41, 5.74) is 1.39. The summed E-state index contributed by atoms with van der Waals surface area (Å²) >= 11 is 0. The van der Waals surface area contributed by atoms with Crippen LogP contribution in [0.4, 0.5) is 10.5 Å². The number of hydrogen-bond acceptors (Lipinski definition) is 6. The van der Waals surface area contributed by atoms with Gasteiger partial charge in [0.05, 0.1) is 35.3 Å². The molecule has 0 aliphatic carbocycles. The van der Waals surface area contributed by atoms with Gasteiger partial charge in [-0.3, -0.25) is 15.0 Å². The van der Waals surface area contributed by atoms with Crippen molar-refractivity contribution in [1.82, 2.24) is 10.2 Å². The van der Waals surface area contributed by atoms with Gasteiger partial charge < -0.3 is 14.8 Å². The standard InChI is InChI=1S/C22H23N3O6/c1-15-19(21(26)31-13-12-30-2)20(17-10-6-7-11-18(17)25(28)29)23-22(27)24(15)14-16-8-4-3-5-9-16/h3-11,20H,12-14H2,1-2H3,(H,23,27). The Morgan fingerprint density at radius 2 is 1.81 bits per heavy atom. The summed E-state index contributed by atoms with van der Waals surface area (Å²) < 4.78 is 10.2. The molecule has 0 saturated carbocycles. The normalized spacial score (nSPS) is 16.1. The van der Waals surface area contributed by atoms with Gasteiger partial charge in [0.2, 0.25) is 0 Å². The predicted octanol–water partition coefficient (Wildman–Crippen LogP) is 3.32. The fourth-order valence-electron chi connectivity index (χ4n) is 3.43.